The standard InChI is InChI=1S/C21H29N3O4/c1-14-9-7-8-10-17(14)28-15(2)13-23-21(22-3)24-16-11-18(25-4)20(27-6)19(12-16)26-5/h7-12,15H,13H2,1-6H3,(H2,22,23,24). The maximum atomic E-state index is 5.99. The molecule has 28 heavy (non-hydrogen) atoms. The van der Waals surface area contributed by atoms with Crippen LogP contribution in [0.1, 0.15) is 12.5 Å². The van der Waals surface area contributed by atoms with Gasteiger partial charge in [-0.3, -0.25) is 4.99 Å². The predicted octanol–water partition coefficient (Wildman–Crippen LogP) is 3.48. The van der Waals surface area contributed by atoms with Crippen molar-refractivity contribution in [3.8, 4) is 23.0 Å². The molecule has 0 saturated heterocycles. The molecule has 2 aromatic carbocycles. The Morgan fingerprint density at radius 3 is 2.18 bits per heavy atom. The van der Waals surface area contributed by atoms with Gasteiger partial charge in [0.15, 0.2) is 17.5 Å². The van der Waals surface area contributed by atoms with Crippen LogP contribution in [-0.2, 0) is 0 Å². The smallest absolute Gasteiger partial charge is 0.203 e. The minimum absolute atomic E-state index is 0.0420. The number of guanidine groups is 1. The van der Waals surface area contributed by atoms with E-state index in [0.29, 0.717) is 29.8 Å². The highest BCUT2D eigenvalue weighted by Gasteiger charge is 2.14. The zero-order valence-corrected chi connectivity index (χ0v) is 17.3. The van der Waals surface area contributed by atoms with Crippen molar-refractivity contribution in [3.05, 3.63) is 42.0 Å². The molecule has 7 heteroatoms. The van der Waals surface area contributed by atoms with E-state index in [9.17, 15) is 0 Å². The van der Waals surface area contributed by atoms with Gasteiger partial charge in [-0.05, 0) is 25.5 Å². The van der Waals surface area contributed by atoms with E-state index in [1.807, 2.05) is 50.2 Å². The molecule has 0 fully saturated rings. The zero-order chi connectivity index (χ0) is 20.5. The number of methoxy groups -OCH3 is 3. The molecule has 0 aliphatic rings. The van der Waals surface area contributed by atoms with Crippen LogP contribution in [0.3, 0.4) is 0 Å². The average Bonchev–Trinajstić information content (AvgIpc) is 2.71. The van der Waals surface area contributed by atoms with Gasteiger partial charge in [0.1, 0.15) is 11.9 Å². The molecule has 2 N–H and O–H groups in total. The summed E-state index contributed by atoms with van der Waals surface area (Å²) in [7, 11) is 6.45. The predicted molar refractivity (Wildman–Crippen MR) is 112 cm³/mol. The van der Waals surface area contributed by atoms with Crippen LogP contribution in [-0.4, -0.2) is 47.0 Å². The van der Waals surface area contributed by atoms with Crippen LogP contribution in [0.4, 0.5) is 5.69 Å². The molecule has 7 nitrogen and oxygen atoms in total. The summed E-state index contributed by atoms with van der Waals surface area (Å²) in [5, 5.41) is 6.49. The lowest BCUT2D eigenvalue weighted by Crippen LogP contribution is -2.37. The molecule has 0 heterocycles. The van der Waals surface area contributed by atoms with E-state index in [4.69, 9.17) is 18.9 Å². The maximum absolute atomic E-state index is 5.99. The number of anilines is 1. The van der Waals surface area contributed by atoms with E-state index in [0.717, 1.165) is 17.0 Å². The number of benzene rings is 2. The monoisotopic (exact) mass is 387 g/mol. The molecule has 0 amide bonds. The Bertz CT molecular complexity index is 783. The molecule has 0 spiro atoms. The molecule has 0 aliphatic carbocycles. The van der Waals surface area contributed by atoms with Gasteiger partial charge in [0.05, 0.1) is 27.9 Å². The highest BCUT2D eigenvalue weighted by atomic mass is 16.5. The molecule has 152 valence electrons. The number of aryl methyl sites for hydroxylation is 1. The molecule has 0 radical (unpaired) electrons. The second-order valence-corrected chi connectivity index (χ2v) is 6.19. The lowest BCUT2D eigenvalue weighted by atomic mass is 10.2. The molecular formula is C21H29N3O4. The first-order chi connectivity index (χ1) is 13.5. The summed E-state index contributed by atoms with van der Waals surface area (Å²) in [5.41, 5.74) is 1.87. The van der Waals surface area contributed by atoms with E-state index in [1.54, 1.807) is 28.4 Å². The van der Waals surface area contributed by atoms with Crippen LogP contribution in [0, 0.1) is 6.92 Å². The van der Waals surface area contributed by atoms with Gasteiger partial charge in [-0.25, -0.2) is 0 Å². The van der Waals surface area contributed by atoms with Crippen LogP contribution in [0.2, 0.25) is 0 Å². The fraction of sp³-hybridized carbons (Fsp3) is 0.381. The zero-order valence-electron chi connectivity index (χ0n) is 17.3. The summed E-state index contributed by atoms with van der Waals surface area (Å²) in [5.74, 6) is 3.16. The van der Waals surface area contributed by atoms with E-state index in [1.165, 1.54) is 0 Å². The van der Waals surface area contributed by atoms with Crippen molar-refractivity contribution in [3.63, 3.8) is 0 Å². The average molecular weight is 387 g/mol. The molecular weight excluding hydrogens is 358 g/mol. The van der Waals surface area contributed by atoms with Gasteiger partial charge >= 0.3 is 0 Å². The van der Waals surface area contributed by atoms with Crippen molar-refractivity contribution in [1.82, 2.24) is 5.32 Å². The van der Waals surface area contributed by atoms with Crippen LogP contribution < -0.4 is 29.6 Å². The van der Waals surface area contributed by atoms with Crippen molar-refractivity contribution in [2.75, 3.05) is 40.2 Å². The first-order valence-corrected chi connectivity index (χ1v) is 9.02. The normalized spacial score (nSPS) is 12.1. The van der Waals surface area contributed by atoms with E-state index >= 15 is 0 Å². The van der Waals surface area contributed by atoms with Crippen molar-refractivity contribution < 1.29 is 18.9 Å². The summed E-state index contributed by atoms with van der Waals surface area (Å²) < 4.78 is 22.1. The van der Waals surface area contributed by atoms with Crippen molar-refractivity contribution in [1.29, 1.82) is 0 Å². The number of rotatable bonds is 8. The van der Waals surface area contributed by atoms with E-state index < -0.39 is 0 Å². The number of nitrogens with one attached hydrogen (secondary N) is 2. The Labute approximate surface area is 166 Å². The second kappa shape index (κ2) is 10.3. The van der Waals surface area contributed by atoms with Crippen LogP contribution in [0.5, 0.6) is 23.0 Å². The fourth-order valence-corrected chi connectivity index (χ4v) is 2.66. The van der Waals surface area contributed by atoms with Gasteiger partial charge < -0.3 is 29.6 Å². The molecule has 2 rings (SSSR count). The van der Waals surface area contributed by atoms with Crippen molar-refractivity contribution in [2.24, 2.45) is 4.99 Å². The quantitative estimate of drug-likeness (QED) is 0.534. The SMILES string of the molecule is CN=C(NCC(C)Oc1ccccc1C)Nc1cc(OC)c(OC)c(OC)c1. The lowest BCUT2D eigenvalue weighted by molar-refractivity contribution is 0.223. The van der Waals surface area contributed by atoms with Gasteiger partial charge in [-0.1, -0.05) is 18.2 Å². The second-order valence-electron chi connectivity index (χ2n) is 6.19. The molecule has 0 saturated carbocycles. The Morgan fingerprint density at radius 1 is 1.00 bits per heavy atom. The Balaban J connectivity index is 2.02. The third-order valence-corrected chi connectivity index (χ3v) is 4.13. The van der Waals surface area contributed by atoms with Crippen LogP contribution in [0.15, 0.2) is 41.4 Å². The van der Waals surface area contributed by atoms with Crippen molar-refractivity contribution >= 4 is 11.6 Å². The number of para-hydroxylation sites is 1. The van der Waals surface area contributed by atoms with Crippen molar-refractivity contribution in [2.45, 2.75) is 20.0 Å². The third-order valence-electron chi connectivity index (χ3n) is 4.13. The molecule has 1 atom stereocenters. The molecule has 0 aliphatic heterocycles. The number of hydrogen-bond donors (Lipinski definition) is 2. The number of aliphatic imine (C=N–C) groups is 1. The largest absolute Gasteiger partial charge is 0.493 e. The minimum Gasteiger partial charge on any atom is -0.493 e. The highest BCUT2D eigenvalue weighted by molar-refractivity contribution is 5.94. The van der Waals surface area contributed by atoms with Crippen LogP contribution >= 0.6 is 0 Å². The van der Waals surface area contributed by atoms with Gasteiger partial charge in [-0.2, -0.15) is 0 Å². The number of nitrogens with zero attached hydrogens (tertiary/aromatic N) is 1. The summed E-state index contributed by atoms with van der Waals surface area (Å²) in [6.07, 6.45) is -0.0420. The minimum atomic E-state index is -0.0420. The van der Waals surface area contributed by atoms with Gasteiger partial charge in [0.2, 0.25) is 5.75 Å². The third kappa shape index (κ3) is 5.45. The summed E-state index contributed by atoms with van der Waals surface area (Å²) >= 11 is 0. The van der Waals surface area contributed by atoms with E-state index in [-0.39, 0.29) is 6.10 Å². The van der Waals surface area contributed by atoms with Gasteiger partial charge in [0.25, 0.3) is 0 Å². The highest BCUT2D eigenvalue weighted by Crippen LogP contribution is 2.39. The van der Waals surface area contributed by atoms with Gasteiger partial charge in [-0.15, -0.1) is 0 Å². The Kier molecular flexibility index (Phi) is 7.80. The van der Waals surface area contributed by atoms with Gasteiger partial charge in [0, 0.05) is 24.9 Å². The summed E-state index contributed by atoms with van der Waals surface area (Å²) in [4.78, 5) is 4.26. The molecule has 1 unspecified atom stereocenters. The topological polar surface area (TPSA) is 73.3 Å². The number of hydrogen-bond acceptors (Lipinski definition) is 5. The maximum Gasteiger partial charge on any atom is 0.203 e. The Hall–Kier alpha value is -3.09. The molecule has 0 aromatic heterocycles. The molecule has 0 bridgehead atoms. The molecule has 2 aromatic rings. The summed E-state index contributed by atoms with van der Waals surface area (Å²) in [6.45, 7) is 4.62. The van der Waals surface area contributed by atoms with Crippen LogP contribution in [0.25, 0.3) is 0 Å². The first kappa shape index (κ1) is 21.2. The Morgan fingerprint density at radius 2 is 1.64 bits per heavy atom. The lowest BCUT2D eigenvalue weighted by Gasteiger charge is -2.19. The van der Waals surface area contributed by atoms with E-state index in [2.05, 4.69) is 15.6 Å². The fourth-order valence-electron chi connectivity index (χ4n) is 2.66. The first-order valence-electron chi connectivity index (χ1n) is 9.02. The number of ether oxygens (including phenoxy) is 4. The summed E-state index contributed by atoms with van der Waals surface area (Å²) in [6, 6.07) is 11.6.